The lowest BCUT2D eigenvalue weighted by Crippen LogP contribution is -2.32. The predicted molar refractivity (Wildman–Crippen MR) is 109 cm³/mol. The van der Waals surface area contributed by atoms with E-state index in [0.29, 0.717) is 17.8 Å². The van der Waals surface area contributed by atoms with E-state index in [9.17, 15) is 14.7 Å². The minimum Gasteiger partial charge on any atom is -0.507 e. The topological polar surface area (TPSA) is 78.7 Å². The molecule has 1 aliphatic rings. The fourth-order valence-electron chi connectivity index (χ4n) is 3.66. The van der Waals surface area contributed by atoms with Gasteiger partial charge in [-0.3, -0.25) is 14.3 Å². The number of aromatic nitrogens is 2. The minimum absolute atomic E-state index is 0.144. The van der Waals surface area contributed by atoms with Gasteiger partial charge in [0.15, 0.2) is 0 Å². The first kappa shape index (κ1) is 20.3. The number of aryl methyl sites for hydroxylation is 2. The molecule has 150 valence electrons. The van der Waals surface area contributed by atoms with E-state index in [4.69, 9.17) is 0 Å². The second-order valence-electron chi connectivity index (χ2n) is 7.33. The van der Waals surface area contributed by atoms with E-state index in [0.717, 1.165) is 23.5 Å². The Balaban J connectivity index is 2.10. The summed E-state index contributed by atoms with van der Waals surface area (Å²) in [4.78, 5) is 30.2. The van der Waals surface area contributed by atoms with Crippen molar-refractivity contribution in [2.75, 3.05) is 27.2 Å². The third-order valence-electron chi connectivity index (χ3n) is 5.10. The molecule has 3 heterocycles. The molecular weight excluding hydrogens is 376 g/mol. The average Bonchev–Trinajstić information content (AvgIpc) is 3.29. The van der Waals surface area contributed by atoms with Crippen molar-refractivity contribution in [3.05, 3.63) is 44.9 Å². The molecule has 2 aromatic rings. The molecule has 1 fully saturated rings. The van der Waals surface area contributed by atoms with Crippen LogP contribution in [0.2, 0.25) is 0 Å². The van der Waals surface area contributed by atoms with Crippen molar-refractivity contribution < 1.29 is 14.7 Å². The van der Waals surface area contributed by atoms with E-state index in [2.05, 4.69) is 5.10 Å². The Bertz CT molecular complexity index is 928. The van der Waals surface area contributed by atoms with Crippen LogP contribution >= 0.6 is 11.3 Å². The summed E-state index contributed by atoms with van der Waals surface area (Å²) in [5.41, 5.74) is 2.05. The van der Waals surface area contributed by atoms with E-state index in [1.54, 1.807) is 23.6 Å². The molecule has 1 saturated heterocycles. The van der Waals surface area contributed by atoms with Gasteiger partial charge in [0.25, 0.3) is 11.7 Å². The molecule has 0 bridgehead atoms. The van der Waals surface area contributed by atoms with Crippen molar-refractivity contribution >= 4 is 28.8 Å². The van der Waals surface area contributed by atoms with E-state index >= 15 is 0 Å². The van der Waals surface area contributed by atoms with E-state index in [1.807, 2.05) is 43.4 Å². The number of nitrogens with zero attached hydrogens (tertiary/aromatic N) is 4. The lowest BCUT2D eigenvalue weighted by molar-refractivity contribution is -0.139. The number of likely N-dealkylation sites (tertiary alicyclic amines) is 1. The van der Waals surface area contributed by atoms with Crippen LogP contribution in [0.1, 0.15) is 34.3 Å². The van der Waals surface area contributed by atoms with Gasteiger partial charge in [-0.2, -0.15) is 5.10 Å². The number of aliphatic hydroxyl groups excluding tert-OH is 1. The van der Waals surface area contributed by atoms with Gasteiger partial charge in [0, 0.05) is 24.2 Å². The zero-order chi connectivity index (χ0) is 20.6. The number of carbonyl (C=O) groups is 2. The van der Waals surface area contributed by atoms with Crippen molar-refractivity contribution in [3.63, 3.8) is 0 Å². The Morgan fingerprint density at radius 2 is 2.04 bits per heavy atom. The van der Waals surface area contributed by atoms with Crippen molar-refractivity contribution in [2.24, 2.45) is 7.05 Å². The molecule has 0 unspecified atom stereocenters. The molecule has 1 N–H and O–H groups in total. The molecule has 1 aliphatic heterocycles. The number of aliphatic hydroxyl groups is 1. The molecule has 2 aromatic heterocycles. The summed E-state index contributed by atoms with van der Waals surface area (Å²) in [5.74, 6) is -1.34. The number of carbonyl (C=O) groups excluding carboxylic acids is 2. The lowest BCUT2D eigenvalue weighted by atomic mass is 9.99. The maximum Gasteiger partial charge on any atom is 0.295 e. The highest BCUT2D eigenvalue weighted by Gasteiger charge is 2.46. The smallest absolute Gasteiger partial charge is 0.295 e. The van der Waals surface area contributed by atoms with Gasteiger partial charge < -0.3 is 14.9 Å². The van der Waals surface area contributed by atoms with Gasteiger partial charge in [-0.05, 0) is 52.4 Å². The highest BCUT2D eigenvalue weighted by molar-refractivity contribution is 7.10. The second-order valence-corrected chi connectivity index (χ2v) is 8.31. The normalized spacial score (nSPS) is 19.2. The monoisotopic (exact) mass is 402 g/mol. The number of thiophene rings is 1. The van der Waals surface area contributed by atoms with Crippen LogP contribution in [0.3, 0.4) is 0 Å². The van der Waals surface area contributed by atoms with Crippen molar-refractivity contribution in [1.29, 1.82) is 0 Å². The summed E-state index contributed by atoms with van der Waals surface area (Å²) >= 11 is 1.48. The van der Waals surface area contributed by atoms with E-state index in [1.165, 1.54) is 11.3 Å². The van der Waals surface area contributed by atoms with Gasteiger partial charge in [0.2, 0.25) is 0 Å². The summed E-state index contributed by atoms with van der Waals surface area (Å²) in [6, 6.07) is 3.22. The number of hydrogen-bond acceptors (Lipinski definition) is 6. The van der Waals surface area contributed by atoms with E-state index < -0.39 is 17.7 Å². The number of amides is 1. The van der Waals surface area contributed by atoms with Gasteiger partial charge in [-0.1, -0.05) is 6.07 Å². The Hall–Kier alpha value is -2.45. The number of rotatable bonds is 6. The number of Topliss-reactive ketones (excluding diaryl/α,β-unsaturated/α-hetero) is 1. The standard InChI is InChI=1S/C20H26N4O3S/c1-12-15(13(2)23(5)21-12)18(25)16-17(14-8-6-11-28-14)24(20(27)19(16)26)10-7-9-22(3)4/h6,8,11,17,25H,7,9-10H2,1-5H3/t17-/m1/s1. The Kier molecular flexibility index (Phi) is 5.71. The summed E-state index contributed by atoms with van der Waals surface area (Å²) < 4.78 is 1.66. The van der Waals surface area contributed by atoms with Gasteiger partial charge in [0.05, 0.1) is 22.9 Å². The molecule has 28 heavy (non-hydrogen) atoms. The first-order valence-corrected chi connectivity index (χ1v) is 10.1. The van der Waals surface area contributed by atoms with Gasteiger partial charge in [-0.25, -0.2) is 0 Å². The van der Waals surface area contributed by atoms with Crippen molar-refractivity contribution in [3.8, 4) is 0 Å². The average molecular weight is 403 g/mol. The van der Waals surface area contributed by atoms with Crippen LogP contribution < -0.4 is 0 Å². The third kappa shape index (κ3) is 3.49. The Morgan fingerprint density at radius 1 is 1.32 bits per heavy atom. The lowest BCUT2D eigenvalue weighted by Gasteiger charge is -2.24. The SMILES string of the molecule is Cc1nn(C)c(C)c1C(O)=C1C(=O)C(=O)N(CCCN(C)C)[C@@H]1c1cccs1. The highest BCUT2D eigenvalue weighted by Crippen LogP contribution is 2.41. The Morgan fingerprint density at radius 3 is 2.57 bits per heavy atom. The van der Waals surface area contributed by atoms with Crippen molar-refractivity contribution in [2.45, 2.75) is 26.3 Å². The van der Waals surface area contributed by atoms with Crippen LogP contribution in [-0.4, -0.2) is 63.6 Å². The maximum absolute atomic E-state index is 12.9. The van der Waals surface area contributed by atoms with Crippen LogP contribution in [0, 0.1) is 13.8 Å². The molecule has 0 aromatic carbocycles. The van der Waals surface area contributed by atoms with Crippen LogP contribution in [0.4, 0.5) is 0 Å². The quantitative estimate of drug-likeness (QED) is 0.456. The zero-order valence-electron chi connectivity index (χ0n) is 16.9. The molecule has 0 radical (unpaired) electrons. The first-order chi connectivity index (χ1) is 13.2. The zero-order valence-corrected chi connectivity index (χ0v) is 17.7. The fourth-order valence-corrected chi connectivity index (χ4v) is 4.51. The summed E-state index contributed by atoms with van der Waals surface area (Å²) in [7, 11) is 5.73. The van der Waals surface area contributed by atoms with E-state index in [-0.39, 0.29) is 11.3 Å². The van der Waals surface area contributed by atoms with Crippen LogP contribution in [0.5, 0.6) is 0 Å². The summed E-state index contributed by atoms with van der Waals surface area (Å²) in [5, 5.41) is 17.4. The molecule has 8 heteroatoms. The van der Waals surface area contributed by atoms with Crippen LogP contribution in [0.25, 0.3) is 5.76 Å². The van der Waals surface area contributed by atoms with Crippen LogP contribution in [-0.2, 0) is 16.6 Å². The number of hydrogen-bond donors (Lipinski definition) is 1. The summed E-state index contributed by atoms with van der Waals surface area (Å²) in [6.45, 7) is 4.88. The van der Waals surface area contributed by atoms with Gasteiger partial charge in [-0.15, -0.1) is 11.3 Å². The molecule has 0 saturated carbocycles. The summed E-state index contributed by atoms with van der Waals surface area (Å²) in [6.07, 6.45) is 0.743. The largest absolute Gasteiger partial charge is 0.507 e. The second kappa shape index (κ2) is 7.89. The molecular formula is C20H26N4O3S. The molecule has 7 nitrogen and oxygen atoms in total. The minimum atomic E-state index is -0.636. The number of ketones is 1. The van der Waals surface area contributed by atoms with Crippen molar-refractivity contribution in [1.82, 2.24) is 19.6 Å². The third-order valence-corrected chi connectivity index (χ3v) is 6.03. The molecule has 1 amide bonds. The highest BCUT2D eigenvalue weighted by atomic mass is 32.1. The maximum atomic E-state index is 12.9. The fraction of sp³-hybridized carbons (Fsp3) is 0.450. The Labute approximate surface area is 168 Å². The molecule has 1 atom stereocenters. The molecule has 0 aliphatic carbocycles. The predicted octanol–water partition coefficient (Wildman–Crippen LogP) is 2.47. The van der Waals surface area contributed by atoms with Crippen LogP contribution in [0.15, 0.2) is 23.1 Å². The van der Waals surface area contributed by atoms with Gasteiger partial charge >= 0.3 is 0 Å². The molecule has 0 spiro atoms. The molecule has 3 rings (SSSR count). The first-order valence-electron chi connectivity index (χ1n) is 9.21. The van der Waals surface area contributed by atoms with Gasteiger partial charge in [0.1, 0.15) is 5.76 Å².